The number of amides is 1. The summed E-state index contributed by atoms with van der Waals surface area (Å²) >= 11 is 0. The van der Waals surface area contributed by atoms with E-state index < -0.39 is 5.91 Å². The number of esters is 1. The molecule has 0 aliphatic rings. The van der Waals surface area contributed by atoms with Gasteiger partial charge in [0.15, 0.2) is 0 Å². The average Bonchev–Trinajstić information content (AvgIpc) is 3.25. The van der Waals surface area contributed by atoms with Gasteiger partial charge in [0.25, 0.3) is 5.91 Å². The number of nitrogens with one attached hydrogen (secondary N) is 1. The Morgan fingerprint density at radius 3 is 2.63 bits per heavy atom. The van der Waals surface area contributed by atoms with E-state index in [4.69, 9.17) is 9.15 Å². The number of carbonyl (C=O) groups is 2. The smallest absolute Gasteiger partial charge is 0.338 e. The van der Waals surface area contributed by atoms with Crippen LogP contribution < -0.4 is 5.32 Å². The predicted octanol–water partition coefficient (Wildman–Crippen LogP) is 3.74. The van der Waals surface area contributed by atoms with E-state index in [0.29, 0.717) is 29.4 Å². The Hall–Kier alpha value is -4.18. The highest BCUT2D eigenvalue weighted by molar-refractivity contribution is 6.01. The number of benzene rings is 1. The van der Waals surface area contributed by atoms with Crippen LogP contribution in [0.4, 0.5) is 0 Å². The third-order valence-corrected chi connectivity index (χ3v) is 4.12. The summed E-state index contributed by atoms with van der Waals surface area (Å²) in [6, 6.07) is 17.4. The summed E-state index contributed by atoms with van der Waals surface area (Å²) < 4.78 is 10.7. The third-order valence-electron chi connectivity index (χ3n) is 4.12. The van der Waals surface area contributed by atoms with E-state index >= 15 is 0 Å². The molecule has 2 aromatic heterocycles. The third kappa shape index (κ3) is 5.20. The van der Waals surface area contributed by atoms with Gasteiger partial charge in [0.05, 0.1) is 24.4 Å². The predicted molar refractivity (Wildman–Crippen MR) is 110 cm³/mol. The molecule has 0 aliphatic heterocycles. The zero-order valence-corrected chi connectivity index (χ0v) is 16.3. The summed E-state index contributed by atoms with van der Waals surface area (Å²) in [5, 5.41) is 12.0. The van der Waals surface area contributed by atoms with Crippen LogP contribution in [0.1, 0.15) is 28.7 Å². The van der Waals surface area contributed by atoms with Crippen molar-refractivity contribution >= 4 is 18.0 Å². The number of ether oxygens (including phenoxy) is 1. The number of furan rings is 1. The summed E-state index contributed by atoms with van der Waals surface area (Å²) in [4.78, 5) is 28.1. The molecule has 0 unspecified atom stereocenters. The standard InChI is InChI=1S/C23H19N3O4/c1-2-29-23(28)17-8-6-16(7-9-17)21-11-10-20(30-21)13-18(14-24)22(27)26-15-19-5-3-4-12-25-19/h3-13H,2,15H2,1H3,(H,26,27)/b18-13+. The highest BCUT2D eigenvalue weighted by Gasteiger charge is 2.12. The van der Waals surface area contributed by atoms with Gasteiger partial charge in [0.2, 0.25) is 0 Å². The molecule has 0 fully saturated rings. The fraction of sp³-hybridized carbons (Fsp3) is 0.130. The average molecular weight is 401 g/mol. The van der Waals surface area contributed by atoms with Crippen molar-refractivity contribution in [2.24, 2.45) is 0 Å². The molecule has 0 radical (unpaired) electrons. The van der Waals surface area contributed by atoms with Crippen LogP contribution in [0.15, 0.2) is 70.8 Å². The van der Waals surface area contributed by atoms with E-state index in [1.165, 1.54) is 6.08 Å². The largest absolute Gasteiger partial charge is 0.462 e. The molecule has 0 saturated heterocycles. The fourth-order valence-corrected chi connectivity index (χ4v) is 2.63. The second-order valence-electron chi connectivity index (χ2n) is 6.17. The lowest BCUT2D eigenvalue weighted by atomic mass is 10.1. The quantitative estimate of drug-likeness (QED) is 0.367. The number of pyridine rings is 1. The molecule has 150 valence electrons. The Labute approximate surface area is 173 Å². The van der Waals surface area contributed by atoms with Crippen molar-refractivity contribution in [3.8, 4) is 17.4 Å². The van der Waals surface area contributed by atoms with Crippen molar-refractivity contribution in [1.29, 1.82) is 5.26 Å². The minimum Gasteiger partial charge on any atom is -0.462 e. The van der Waals surface area contributed by atoms with Gasteiger partial charge in [0.1, 0.15) is 23.2 Å². The highest BCUT2D eigenvalue weighted by atomic mass is 16.5. The van der Waals surface area contributed by atoms with E-state index in [1.807, 2.05) is 12.1 Å². The summed E-state index contributed by atoms with van der Waals surface area (Å²) in [6.07, 6.45) is 3.01. The van der Waals surface area contributed by atoms with Gasteiger partial charge in [-0.25, -0.2) is 4.79 Å². The van der Waals surface area contributed by atoms with Crippen LogP contribution in [-0.4, -0.2) is 23.5 Å². The van der Waals surface area contributed by atoms with Crippen molar-refractivity contribution in [2.75, 3.05) is 6.61 Å². The lowest BCUT2D eigenvalue weighted by Crippen LogP contribution is -2.24. The maximum Gasteiger partial charge on any atom is 0.338 e. The van der Waals surface area contributed by atoms with Gasteiger partial charge in [-0.15, -0.1) is 0 Å². The SMILES string of the molecule is CCOC(=O)c1ccc(-c2ccc(/C=C(\C#N)C(=O)NCc3ccccn3)o2)cc1. The van der Waals surface area contributed by atoms with Gasteiger partial charge in [-0.3, -0.25) is 9.78 Å². The molecule has 7 heteroatoms. The Kier molecular flexibility index (Phi) is 6.74. The van der Waals surface area contributed by atoms with Gasteiger partial charge in [0, 0.05) is 17.8 Å². The first kappa shape index (κ1) is 20.6. The van der Waals surface area contributed by atoms with Gasteiger partial charge < -0.3 is 14.5 Å². The van der Waals surface area contributed by atoms with Gasteiger partial charge >= 0.3 is 5.97 Å². The molecule has 2 heterocycles. The van der Waals surface area contributed by atoms with Gasteiger partial charge in [-0.1, -0.05) is 18.2 Å². The topological polar surface area (TPSA) is 105 Å². The number of aromatic nitrogens is 1. The minimum absolute atomic E-state index is 0.0792. The maximum atomic E-state index is 12.3. The highest BCUT2D eigenvalue weighted by Crippen LogP contribution is 2.24. The van der Waals surface area contributed by atoms with Crippen LogP contribution in [0.3, 0.4) is 0 Å². The molecule has 3 aromatic rings. The first-order valence-electron chi connectivity index (χ1n) is 9.28. The molecule has 3 rings (SSSR count). The number of carbonyl (C=O) groups excluding carboxylic acids is 2. The molecule has 0 saturated carbocycles. The summed E-state index contributed by atoms with van der Waals surface area (Å²) in [5.41, 5.74) is 1.81. The second kappa shape index (κ2) is 9.85. The van der Waals surface area contributed by atoms with Crippen molar-refractivity contribution in [3.05, 3.63) is 83.4 Å². The number of nitriles is 1. The first-order valence-corrected chi connectivity index (χ1v) is 9.28. The number of nitrogens with zero attached hydrogens (tertiary/aromatic N) is 2. The maximum absolute atomic E-state index is 12.3. The Morgan fingerprint density at radius 2 is 1.97 bits per heavy atom. The number of rotatable bonds is 7. The van der Waals surface area contributed by atoms with E-state index in [-0.39, 0.29) is 18.1 Å². The van der Waals surface area contributed by atoms with E-state index in [0.717, 1.165) is 5.56 Å². The van der Waals surface area contributed by atoms with Crippen LogP contribution in [0.25, 0.3) is 17.4 Å². The summed E-state index contributed by atoms with van der Waals surface area (Å²) in [6.45, 7) is 2.28. The molecule has 7 nitrogen and oxygen atoms in total. The number of hydrogen-bond acceptors (Lipinski definition) is 6. The van der Waals surface area contributed by atoms with Crippen molar-refractivity contribution < 1.29 is 18.7 Å². The van der Waals surface area contributed by atoms with Crippen molar-refractivity contribution in [3.63, 3.8) is 0 Å². The van der Waals surface area contributed by atoms with Crippen LogP contribution in [0, 0.1) is 11.3 Å². The monoisotopic (exact) mass is 401 g/mol. The van der Waals surface area contributed by atoms with Gasteiger partial charge in [-0.05, 0) is 43.3 Å². The minimum atomic E-state index is -0.514. The molecule has 30 heavy (non-hydrogen) atoms. The Balaban J connectivity index is 1.69. The van der Waals surface area contributed by atoms with Crippen LogP contribution in [-0.2, 0) is 16.1 Å². The fourth-order valence-electron chi connectivity index (χ4n) is 2.63. The van der Waals surface area contributed by atoms with E-state index in [2.05, 4.69) is 10.3 Å². The van der Waals surface area contributed by atoms with Gasteiger partial charge in [-0.2, -0.15) is 5.26 Å². The molecule has 1 N–H and O–H groups in total. The molecule has 1 aromatic carbocycles. The molecule has 0 aliphatic carbocycles. The first-order chi connectivity index (χ1) is 14.6. The number of hydrogen-bond donors (Lipinski definition) is 1. The summed E-state index contributed by atoms with van der Waals surface area (Å²) in [5.74, 6) is 0.00855. The Morgan fingerprint density at radius 1 is 1.17 bits per heavy atom. The molecule has 1 amide bonds. The van der Waals surface area contributed by atoms with E-state index in [1.54, 1.807) is 61.7 Å². The molecule has 0 atom stereocenters. The van der Waals surface area contributed by atoms with Crippen molar-refractivity contribution in [2.45, 2.75) is 13.5 Å². The molecule has 0 spiro atoms. The zero-order valence-electron chi connectivity index (χ0n) is 16.3. The van der Waals surface area contributed by atoms with Crippen LogP contribution in [0.5, 0.6) is 0 Å². The van der Waals surface area contributed by atoms with E-state index in [9.17, 15) is 14.9 Å². The molecular weight excluding hydrogens is 382 g/mol. The summed E-state index contributed by atoms with van der Waals surface area (Å²) in [7, 11) is 0. The lowest BCUT2D eigenvalue weighted by molar-refractivity contribution is -0.117. The normalized spacial score (nSPS) is 10.9. The Bertz CT molecular complexity index is 1090. The molecular formula is C23H19N3O4. The molecule has 0 bridgehead atoms. The zero-order chi connectivity index (χ0) is 21.3. The van der Waals surface area contributed by atoms with Crippen LogP contribution in [0.2, 0.25) is 0 Å². The second-order valence-corrected chi connectivity index (χ2v) is 6.17. The lowest BCUT2D eigenvalue weighted by Gasteiger charge is -2.03. The van der Waals surface area contributed by atoms with Crippen molar-refractivity contribution in [1.82, 2.24) is 10.3 Å². The van der Waals surface area contributed by atoms with Crippen LogP contribution >= 0.6 is 0 Å².